The van der Waals surface area contributed by atoms with Crippen LogP contribution in [0.4, 0.5) is 0 Å². The lowest BCUT2D eigenvalue weighted by molar-refractivity contribution is 0.562. The highest BCUT2D eigenvalue weighted by molar-refractivity contribution is 7.84. The summed E-state index contributed by atoms with van der Waals surface area (Å²) in [4.78, 5) is 0. The van der Waals surface area contributed by atoms with Gasteiger partial charge in [-0.15, -0.1) is 0 Å². The van der Waals surface area contributed by atoms with E-state index >= 15 is 0 Å². The van der Waals surface area contributed by atoms with Gasteiger partial charge in [-0.1, -0.05) is 64.7 Å². The SMILES string of the molecule is CCCCCCCCCCCC[S@@](C)=O. The standard InChI is InChI=1S/C13H28OS/c1-3-4-5-6-7-8-9-10-11-12-13-15(2)14/h3-13H2,1-2H3/t15-/m1/s1. The zero-order valence-electron chi connectivity index (χ0n) is 10.6. The van der Waals surface area contributed by atoms with E-state index in [1.54, 1.807) is 6.26 Å². The number of hydrogen-bond donors (Lipinski definition) is 0. The van der Waals surface area contributed by atoms with Crippen LogP contribution in [0.2, 0.25) is 0 Å². The van der Waals surface area contributed by atoms with Gasteiger partial charge in [0.1, 0.15) is 0 Å². The Morgan fingerprint density at radius 3 is 1.53 bits per heavy atom. The first-order chi connectivity index (χ1) is 7.27. The van der Waals surface area contributed by atoms with Crippen LogP contribution in [0.15, 0.2) is 0 Å². The molecule has 0 saturated carbocycles. The molecular weight excluding hydrogens is 204 g/mol. The van der Waals surface area contributed by atoms with Crippen LogP contribution in [0, 0.1) is 0 Å². The summed E-state index contributed by atoms with van der Waals surface area (Å²) in [6.07, 6.45) is 15.3. The molecule has 0 aromatic heterocycles. The summed E-state index contributed by atoms with van der Waals surface area (Å²) in [5, 5.41) is 0. The maximum atomic E-state index is 10.8. The third-order valence-corrected chi connectivity index (χ3v) is 3.65. The molecule has 0 aromatic rings. The van der Waals surface area contributed by atoms with Crippen LogP contribution in [0.5, 0.6) is 0 Å². The first-order valence-corrected chi connectivity index (χ1v) is 8.30. The Balaban J connectivity index is 2.89. The van der Waals surface area contributed by atoms with Crippen LogP contribution in [0.1, 0.15) is 71.1 Å². The van der Waals surface area contributed by atoms with Crippen molar-refractivity contribution in [1.82, 2.24) is 0 Å². The van der Waals surface area contributed by atoms with Crippen molar-refractivity contribution in [1.29, 1.82) is 0 Å². The van der Waals surface area contributed by atoms with Gasteiger partial charge in [0.25, 0.3) is 0 Å². The van der Waals surface area contributed by atoms with E-state index in [1.165, 1.54) is 57.8 Å². The van der Waals surface area contributed by atoms with Crippen LogP contribution in [-0.2, 0) is 10.8 Å². The smallest absolute Gasteiger partial charge is 0.0232 e. The minimum Gasteiger partial charge on any atom is -0.260 e. The van der Waals surface area contributed by atoms with Gasteiger partial charge < -0.3 is 0 Å². The fourth-order valence-electron chi connectivity index (χ4n) is 1.79. The molecular formula is C13H28OS. The van der Waals surface area contributed by atoms with Gasteiger partial charge in [-0.25, -0.2) is 0 Å². The van der Waals surface area contributed by atoms with Gasteiger partial charge in [0.15, 0.2) is 0 Å². The molecule has 0 radical (unpaired) electrons. The van der Waals surface area contributed by atoms with Crippen molar-refractivity contribution in [2.45, 2.75) is 71.1 Å². The Morgan fingerprint density at radius 1 is 0.733 bits per heavy atom. The number of rotatable bonds is 11. The second kappa shape index (κ2) is 12.2. The lowest BCUT2D eigenvalue weighted by Gasteiger charge is -2.01. The zero-order valence-corrected chi connectivity index (χ0v) is 11.4. The molecule has 0 aliphatic carbocycles. The maximum absolute atomic E-state index is 10.8. The fraction of sp³-hybridized carbons (Fsp3) is 1.00. The van der Waals surface area contributed by atoms with Gasteiger partial charge in [0, 0.05) is 22.8 Å². The largest absolute Gasteiger partial charge is 0.260 e. The zero-order chi connectivity index (χ0) is 11.4. The van der Waals surface area contributed by atoms with Crippen LogP contribution < -0.4 is 0 Å². The van der Waals surface area contributed by atoms with E-state index in [1.807, 2.05) is 0 Å². The summed E-state index contributed by atoms with van der Waals surface area (Å²) in [6, 6.07) is 0. The van der Waals surface area contributed by atoms with Crippen molar-refractivity contribution >= 4 is 10.8 Å². The average Bonchev–Trinajstić information content (AvgIpc) is 2.20. The second-order valence-corrected chi connectivity index (χ2v) is 6.01. The summed E-state index contributed by atoms with van der Waals surface area (Å²) < 4.78 is 10.8. The molecule has 0 aromatic carbocycles. The summed E-state index contributed by atoms with van der Waals surface area (Å²) in [6.45, 7) is 2.26. The van der Waals surface area contributed by atoms with E-state index in [9.17, 15) is 4.21 Å². The van der Waals surface area contributed by atoms with Gasteiger partial charge in [0.05, 0.1) is 0 Å². The van der Waals surface area contributed by atoms with E-state index in [4.69, 9.17) is 0 Å². The molecule has 0 rings (SSSR count). The molecule has 1 atom stereocenters. The van der Waals surface area contributed by atoms with Gasteiger partial charge in [-0.2, -0.15) is 0 Å². The highest BCUT2D eigenvalue weighted by Gasteiger charge is 1.93. The molecule has 15 heavy (non-hydrogen) atoms. The minimum absolute atomic E-state index is 0.578. The average molecular weight is 232 g/mol. The molecule has 0 saturated heterocycles. The Labute approximate surface area is 98.5 Å². The Hall–Kier alpha value is 0.150. The minimum atomic E-state index is -0.578. The van der Waals surface area contributed by atoms with E-state index in [0.717, 1.165) is 12.2 Å². The molecule has 0 unspecified atom stereocenters. The summed E-state index contributed by atoms with van der Waals surface area (Å²) in [5.74, 6) is 0.899. The van der Waals surface area contributed by atoms with E-state index in [2.05, 4.69) is 6.92 Å². The summed E-state index contributed by atoms with van der Waals surface area (Å²) >= 11 is 0. The Kier molecular flexibility index (Phi) is 12.3. The molecule has 0 aliphatic heterocycles. The molecule has 92 valence electrons. The van der Waals surface area contributed by atoms with E-state index in [-0.39, 0.29) is 0 Å². The topological polar surface area (TPSA) is 17.1 Å². The van der Waals surface area contributed by atoms with Crippen LogP contribution in [0.25, 0.3) is 0 Å². The molecule has 0 amide bonds. The monoisotopic (exact) mass is 232 g/mol. The third-order valence-electron chi connectivity index (χ3n) is 2.79. The molecule has 0 spiro atoms. The van der Waals surface area contributed by atoms with Crippen molar-refractivity contribution in [2.75, 3.05) is 12.0 Å². The van der Waals surface area contributed by atoms with Gasteiger partial charge in [0.2, 0.25) is 0 Å². The highest BCUT2D eigenvalue weighted by Crippen LogP contribution is 2.10. The first kappa shape index (κ1) is 15.2. The van der Waals surface area contributed by atoms with Gasteiger partial charge >= 0.3 is 0 Å². The highest BCUT2D eigenvalue weighted by atomic mass is 32.2. The molecule has 2 heteroatoms. The van der Waals surface area contributed by atoms with E-state index < -0.39 is 10.8 Å². The van der Waals surface area contributed by atoms with Crippen LogP contribution in [-0.4, -0.2) is 16.2 Å². The van der Waals surface area contributed by atoms with Crippen molar-refractivity contribution in [3.8, 4) is 0 Å². The lowest BCUT2D eigenvalue weighted by atomic mass is 10.1. The van der Waals surface area contributed by atoms with Gasteiger partial charge in [-0.3, -0.25) is 4.21 Å². The van der Waals surface area contributed by atoms with E-state index in [0.29, 0.717) is 0 Å². The Bertz CT molecular complexity index is 145. The molecule has 0 fully saturated rings. The van der Waals surface area contributed by atoms with Crippen molar-refractivity contribution < 1.29 is 4.21 Å². The van der Waals surface area contributed by atoms with Crippen LogP contribution >= 0.6 is 0 Å². The second-order valence-electron chi connectivity index (χ2n) is 4.46. The third kappa shape index (κ3) is 14.2. The normalized spacial score (nSPS) is 12.9. The molecule has 0 aliphatic rings. The van der Waals surface area contributed by atoms with Crippen LogP contribution in [0.3, 0.4) is 0 Å². The molecule has 0 bridgehead atoms. The summed E-state index contributed by atoms with van der Waals surface area (Å²) in [7, 11) is -0.578. The lowest BCUT2D eigenvalue weighted by Crippen LogP contribution is -1.93. The molecule has 0 N–H and O–H groups in total. The molecule has 1 nitrogen and oxygen atoms in total. The van der Waals surface area contributed by atoms with Crippen molar-refractivity contribution in [3.63, 3.8) is 0 Å². The fourth-order valence-corrected chi connectivity index (χ4v) is 2.40. The predicted molar refractivity (Wildman–Crippen MR) is 70.8 cm³/mol. The number of unbranched alkanes of at least 4 members (excludes halogenated alkanes) is 9. The predicted octanol–water partition coefficient (Wildman–Crippen LogP) is 4.29. The van der Waals surface area contributed by atoms with Crippen molar-refractivity contribution in [2.24, 2.45) is 0 Å². The summed E-state index contributed by atoms with van der Waals surface area (Å²) in [5.41, 5.74) is 0. The Morgan fingerprint density at radius 2 is 1.13 bits per heavy atom. The quantitative estimate of drug-likeness (QED) is 0.486. The first-order valence-electron chi connectivity index (χ1n) is 6.57. The van der Waals surface area contributed by atoms with Gasteiger partial charge in [-0.05, 0) is 6.42 Å². The van der Waals surface area contributed by atoms with Crippen molar-refractivity contribution in [3.05, 3.63) is 0 Å². The molecule has 0 heterocycles. The maximum Gasteiger partial charge on any atom is 0.0232 e. The number of hydrogen-bond acceptors (Lipinski definition) is 1.